The van der Waals surface area contributed by atoms with Crippen LogP contribution in [0.3, 0.4) is 0 Å². The van der Waals surface area contributed by atoms with Crippen LogP contribution in [0.25, 0.3) is 11.6 Å². The fourth-order valence-corrected chi connectivity index (χ4v) is 3.10. The van der Waals surface area contributed by atoms with E-state index < -0.39 is 0 Å². The van der Waals surface area contributed by atoms with Gasteiger partial charge in [-0.1, -0.05) is 54.1 Å². The maximum atomic E-state index is 6.44. The number of halogens is 1. The Balaban J connectivity index is 2.07. The van der Waals surface area contributed by atoms with E-state index >= 15 is 0 Å². The zero-order valence-electron chi connectivity index (χ0n) is 11.5. The highest BCUT2D eigenvalue weighted by molar-refractivity contribution is 6.33. The normalized spacial score (nSPS) is 14.2. The smallest absolute Gasteiger partial charge is 0.137 e. The monoisotopic (exact) mass is 284 g/mol. The van der Waals surface area contributed by atoms with Crippen molar-refractivity contribution < 1.29 is 4.74 Å². The standard InChI is InChI=1S/C18H17ClO/c1-20-17-11-10-15-12-14(13-6-3-2-4-7-13)8-5-9-16(15)18(17)19/h2-4,6-7,10-12H,5,8-9H2,1H3. The summed E-state index contributed by atoms with van der Waals surface area (Å²) in [5.41, 5.74) is 5.10. The van der Waals surface area contributed by atoms with Gasteiger partial charge in [-0.25, -0.2) is 0 Å². The predicted octanol–water partition coefficient (Wildman–Crippen LogP) is 5.23. The summed E-state index contributed by atoms with van der Waals surface area (Å²) >= 11 is 6.44. The van der Waals surface area contributed by atoms with Gasteiger partial charge in [-0.2, -0.15) is 0 Å². The van der Waals surface area contributed by atoms with Gasteiger partial charge in [0.05, 0.1) is 12.1 Å². The van der Waals surface area contributed by atoms with Crippen LogP contribution in [0, 0.1) is 0 Å². The van der Waals surface area contributed by atoms with Crippen molar-refractivity contribution in [2.24, 2.45) is 0 Å². The molecule has 0 unspecified atom stereocenters. The first kappa shape index (κ1) is 13.3. The zero-order valence-corrected chi connectivity index (χ0v) is 12.3. The summed E-state index contributed by atoms with van der Waals surface area (Å²) in [6.07, 6.45) is 5.46. The third kappa shape index (κ3) is 2.46. The van der Waals surface area contributed by atoms with E-state index in [9.17, 15) is 0 Å². The quantitative estimate of drug-likeness (QED) is 0.734. The molecule has 2 aromatic rings. The molecule has 0 aliphatic heterocycles. The second-order valence-corrected chi connectivity index (χ2v) is 5.42. The van der Waals surface area contributed by atoms with Crippen LogP contribution in [0.2, 0.25) is 5.02 Å². The minimum absolute atomic E-state index is 0.760. The molecule has 3 rings (SSSR count). The maximum absolute atomic E-state index is 6.44. The first-order valence-electron chi connectivity index (χ1n) is 6.91. The topological polar surface area (TPSA) is 9.23 Å². The third-order valence-electron chi connectivity index (χ3n) is 3.81. The number of hydrogen-bond donors (Lipinski definition) is 0. The highest BCUT2D eigenvalue weighted by Gasteiger charge is 2.15. The fraction of sp³-hybridized carbons (Fsp3) is 0.222. The molecule has 0 fully saturated rings. The lowest BCUT2D eigenvalue weighted by molar-refractivity contribution is 0.414. The molecule has 0 amide bonds. The van der Waals surface area contributed by atoms with Crippen LogP contribution in [-0.4, -0.2) is 7.11 Å². The summed E-state index contributed by atoms with van der Waals surface area (Å²) in [5.74, 6) is 0.766. The summed E-state index contributed by atoms with van der Waals surface area (Å²) < 4.78 is 5.31. The Kier molecular flexibility index (Phi) is 3.79. The Morgan fingerprint density at radius 1 is 1.00 bits per heavy atom. The van der Waals surface area contributed by atoms with Crippen LogP contribution in [0.5, 0.6) is 5.75 Å². The van der Waals surface area contributed by atoms with Gasteiger partial charge >= 0.3 is 0 Å². The van der Waals surface area contributed by atoms with Gasteiger partial charge < -0.3 is 4.74 Å². The van der Waals surface area contributed by atoms with Gasteiger partial charge in [-0.05, 0) is 47.6 Å². The average molecular weight is 285 g/mol. The van der Waals surface area contributed by atoms with Crippen LogP contribution in [-0.2, 0) is 6.42 Å². The minimum Gasteiger partial charge on any atom is -0.495 e. The lowest BCUT2D eigenvalue weighted by Gasteiger charge is -2.10. The van der Waals surface area contributed by atoms with Crippen molar-refractivity contribution in [1.29, 1.82) is 0 Å². The molecule has 0 aromatic heterocycles. The van der Waals surface area contributed by atoms with Crippen molar-refractivity contribution in [2.75, 3.05) is 7.11 Å². The number of benzene rings is 2. The van der Waals surface area contributed by atoms with Crippen LogP contribution >= 0.6 is 11.6 Å². The number of ether oxygens (including phenoxy) is 1. The molecule has 1 nitrogen and oxygen atoms in total. The molecule has 0 saturated heterocycles. The summed E-state index contributed by atoms with van der Waals surface area (Å²) in [6.45, 7) is 0. The van der Waals surface area contributed by atoms with Crippen molar-refractivity contribution in [3.8, 4) is 5.75 Å². The molecule has 2 heteroatoms. The Morgan fingerprint density at radius 3 is 2.55 bits per heavy atom. The van der Waals surface area contributed by atoms with Crippen LogP contribution in [0.1, 0.15) is 29.5 Å². The van der Waals surface area contributed by atoms with Gasteiger partial charge in [-0.3, -0.25) is 0 Å². The zero-order chi connectivity index (χ0) is 13.9. The van der Waals surface area contributed by atoms with E-state index in [2.05, 4.69) is 42.5 Å². The molecular weight excluding hydrogens is 268 g/mol. The molecule has 102 valence electrons. The predicted molar refractivity (Wildman–Crippen MR) is 85.3 cm³/mol. The molecule has 0 radical (unpaired) electrons. The Labute approximate surface area is 124 Å². The van der Waals surface area contributed by atoms with Crippen molar-refractivity contribution in [3.63, 3.8) is 0 Å². The van der Waals surface area contributed by atoms with Gasteiger partial charge in [0, 0.05) is 0 Å². The van der Waals surface area contributed by atoms with E-state index in [1.807, 2.05) is 6.07 Å². The van der Waals surface area contributed by atoms with Crippen molar-refractivity contribution >= 4 is 23.3 Å². The van der Waals surface area contributed by atoms with Gasteiger partial charge in [-0.15, -0.1) is 0 Å². The summed E-state index contributed by atoms with van der Waals surface area (Å²) in [6, 6.07) is 14.6. The van der Waals surface area contributed by atoms with E-state index in [4.69, 9.17) is 16.3 Å². The van der Waals surface area contributed by atoms with E-state index in [-0.39, 0.29) is 0 Å². The number of hydrogen-bond acceptors (Lipinski definition) is 1. The Hall–Kier alpha value is -1.73. The van der Waals surface area contributed by atoms with Gasteiger partial charge in [0.1, 0.15) is 5.75 Å². The number of fused-ring (bicyclic) bond motifs is 1. The SMILES string of the molecule is COc1ccc2c(c1Cl)CCCC(c1ccccc1)=C2. The summed E-state index contributed by atoms with van der Waals surface area (Å²) in [4.78, 5) is 0. The molecule has 20 heavy (non-hydrogen) atoms. The van der Waals surface area contributed by atoms with Gasteiger partial charge in [0.2, 0.25) is 0 Å². The van der Waals surface area contributed by atoms with E-state index in [0.29, 0.717) is 0 Å². The van der Waals surface area contributed by atoms with Crippen LogP contribution in [0.4, 0.5) is 0 Å². The van der Waals surface area contributed by atoms with Crippen molar-refractivity contribution in [1.82, 2.24) is 0 Å². The fourth-order valence-electron chi connectivity index (χ4n) is 2.76. The first-order valence-corrected chi connectivity index (χ1v) is 7.29. The van der Waals surface area contributed by atoms with Gasteiger partial charge in [0.25, 0.3) is 0 Å². The second-order valence-electron chi connectivity index (χ2n) is 5.04. The molecule has 0 spiro atoms. The number of methoxy groups -OCH3 is 1. The molecule has 0 bridgehead atoms. The number of allylic oxidation sites excluding steroid dienone is 1. The Morgan fingerprint density at radius 2 is 1.80 bits per heavy atom. The van der Waals surface area contributed by atoms with Gasteiger partial charge in [0.15, 0.2) is 0 Å². The minimum atomic E-state index is 0.760. The molecule has 0 saturated carbocycles. The van der Waals surface area contributed by atoms with E-state index in [1.54, 1.807) is 7.11 Å². The lowest BCUT2D eigenvalue weighted by atomic mass is 10.0. The number of rotatable bonds is 2. The summed E-state index contributed by atoms with van der Waals surface area (Å²) in [7, 11) is 1.66. The highest BCUT2D eigenvalue weighted by atomic mass is 35.5. The molecule has 1 aliphatic rings. The molecule has 0 N–H and O–H groups in total. The molecule has 1 aliphatic carbocycles. The van der Waals surface area contributed by atoms with E-state index in [0.717, 1.165) is 30.0 Å². The maximum Gasteiger partial charge on any atom is 0.137 e. The molecule has 0 heterocycles. The molecular formula is C18H17ClO. The van der Waals surface area contributed by atoms with Crippen LogP contribution < -0.4 is 4.74 Å². The summed E-state index contributed by atoms with van der Waals surface area (Å²) in [5, 5.41) is 0.760. The third-order valence-corrected chi connectivity index (χ3v) is 4.23. The second kappa shape index (κ2) is 5.72. The van der Waals surface area contributed by atoms with E-state index in [1.165, 1.54) is 22.3 Å². The largest absolute Gasteiger partial charge is 0.495 e. The highest BCUT2D eigenvalue weighted by Crippen LogP contribution is 2.37. The molecule has 0 atom stereocenters. The lowest BCUT2D eigenvalue weighted by Crippen LogP contribution is -1.93. The molecule has 2 aromatic carbocycles. The average Bonchev–Trinajstić information content (AvgIpc) is 2.71. The van der Waals surface area contributed by atoms with Crippen LogP contribution in [0.15, 0.2) is 42.5 Å². The van der Waals surface area contributed by atoms with Crippen molar-refractivity contribution in [3.05, 3.63) is 64.2 Å². The first-order chi connectivity index (χ1) is 9.79. The van der Waals surface area contributed by atoms with Crippen molar-refractivity contribution in [2.45, 2.75) is 19.3 Å². The Bertz CT molecular complexity index is 644.